The number of carbonyl (C=O) groups excluding carboxylic acids is 2. The molecule has 0 aliphatic carbocycles. The third-order valence-electron chi connectivity index (χ3n) is 5.79. The van der Waals surface area contributed by atoms with Crippen molar-refractivity contribution in [2.75, 3.05) is 19.6 Å². The van der Waals surface area contributed by atoms with Gasteiger partial charge in [-0.25, -0.2) is 0 Å². The van der Waals surface area contributed by atoms with Gasteiger partial charge in [0, 0.05) is 32.0 Å². The molecule has 1 N–H and O–H groups in total. The summed E-state index contributed by atoms with van der Waals surface area (Å²) in [5.74, 6) is -0.228. The van der Waals surface area contributed by atoms with E-state index < -0.39 is 0 Å². The zero-order valence-corrected chi connectivity index (χ0v) is 17.8. The third-order valence-corrected chi connectivity index (χ3v) is 5.79. The fraction of sp³-hybridized carbons (Fsp3) is 0.269. The average molecular weight is 414 g/mol. The van der Waals surface area contributed by atoms with Gasteiger partial charge >= 0.3 is 0 Å². The van der Waals surface area contributed by atoms with Crippen LogP contribution in [0.4, 0.5) is 0 Å². The van der Waals surface area contributed by atoms with Gasteiger partial charge in [-0.2, -0.15) is 0 Å². The first-order valence-corrected chi connectivity index (χ1v) is 10.7. The summed E-state index contributed by atoms with van der Waals surface area (Å²) in [5, 5.41) is 2.97. The van der Waals surface area contributed by atoms with Crippen LogP contribution in [0.25, 0.3) is 11.1 Å². The number of pyridine rings is 1. The molecule has 1 atom stereocenters. The summed E-state index contributed by atoms with van der Waals surface area (Å²) < 4.78 is 0. The number of nitrogens with zero attached hydrogens (tertiary/aromatic N) is 2. The minimum atomic E-state index is -0.271. The van der Waals surface area contributed by atoms with Gasteiger partial charge < -0.3 is 10.2 Å². The molecule has 4 rings (SSSR count). The maximum atomic E-state index is 12.9. The van der Waals surface area contributed by atoms with Gasteiger partial charge in [-0.1, -0.05) is 54.6 Å². The van der Waals surface area contributed by atoms with Crippen LogP contribution in [0.2, 0.25) is 0 Å². The second kappa shape index (κ2) is 9.56. The zero-order valence-electron chi connectivity index (χ0n) is 17.8. The minimum Gasteiger partial charge on any atom is -0.354 e. The quantitative estimate of drug-likeness (QED) is 0.697. The van der Waals surface area contributed by atoms with Crippen molar-refractivity contribution in [3.05, 3.63) is 89.7 Å². The molecule has 0 saturated carbocycles. The van der Waals surface area contributed by atoms with Crippen LogP contribution in [-0.4, -0.2) is 41.3 Å². The average Bonchev–Trinajstić information content (AvgIpc) is 2.96. The maximum Gasteiger partial charge on any atom is 0.227 e. The summed E-state index contributed by atoms with van der Waals surface area (Å²) >= 11 is 0. The molecule has 1 aliphatic rings. The highest BCUT2D eigenvalue weighted by atomic mass is 16.2. The largest absolute Gasteiger partial charge is 0.354 e. The fourth-order valence-corrected chi connectivity index (χ4v) is 4.12. The van der Waals surface area contributed by atoms with Gasteiger partial charge in [-0.05, 0) is 47.2 Å². The van der Waals surface area contributed by atoms with E-state index in [0.29, 0.717) is 32.5 Å². The molecule has 0 unspecified atom stereocenters. The molecule has 2 heterocycles. The van der Waals surface area contributed by atoms with Gasteiger partial charge in [0.25, 0.3) is 0 Å². The normalized spacial score (nSPS) is 16.5. The smallest absolute Gasteiger partial charge is 0.227 e. The van der Waals surface area contributed by atoms with Crippen molar-refractivity contribution in [1.29, 1.82) is 0 Å². The molecule has 0 spiro atoms. The highest BCUT2D eigenvalue weighted by molar-refractivity contribution is 5.83. The van der Waals surface area contributed by atoms with Gasteiger partial charge in [0.2, 0.25) is 11.8 Å². The number of rotatable bonds is 5. The second-order valence-corrected chi connectivity index (χ2v) is 8.09. The van der Waals surface area contributed by atoms with Crippen LogP contribution in [0.1, 0.15) is 16.7 Å². The van der Waals surface area contributed by atoms with Crippen LogP contribution in [0.15, 0.2) is 73.1 Å². The molecule has 5 heteroatoms. The first kappa shape index (κ1) is 20.8. The number of aromatic nitrogens is 1. The molecule has 1 fully saturated rings. The first-order valence-electron chi connectivity index (χ1n) is 10.7. The molecule has 1 aliphatic heterocycles. The number of hydrogen-bond donors (Lipinski definition) is 1. The summed E-state index contributed by atoms with van der Waals surface area (Å²) in [6, 6.07) is 20.4. The number of amides is 2. The van der Waals surface area contributed by atoms with Crippen molar-refractivity contribution in [1.82, 2.24) is 15.2 Å². The van der Waals surface area contributed by atoms with Crippen LogP contribution in [0.5, 0.6) is 0 Å². The first-order chi connectivity index (χ1) is 15.1. The Morgan fingerprint density at radius 3 is 2.74 bits per heavy atom. The Kier molecular flexibility index (Phi) is 6.41. The zero-order chi connectivity index (χ0) is 21.6. The van der Waals surface area contributed by atoms with E-state index in [1.165, 1.54) is 11.1 Å². The van der Waals surface area contributed by atoms with Crippen molar-refractivity contribution in [3.8, 4) is 11.1 Å². The maximum absolute atomic E-state index is 12.9. The van der Waals surface area contributed by atoms with Crippen molar-refractivity contribution >= 4 is 11.8 Å². The summed E-state index contributed by atoms with van der Waals surface area (Å²) in [7, 11) is 0. The van der Waals surface area contributed by atoms with E-state index in [1.807, 2.05) is 30.3 Å². The topological polar surface area (TPSA) is 62.3 Å². The van der Waals surface area contributed by atoms with Crippen LogP contribution < -0.4 is 5.32 Å². The molecular formula is C26H27N3O2. The van der Waals surface area contributed by atoms with Crippen LogP contribution in [-0.2, 0) is 22.4 Å². The number of hydrogen-bond acceptors (Lipinski definition) is 3. The fourth-order valence-electron chi connectivity index (χ4n) is 4.12. The predicted octanol–water partition coefficient (Wildman–Crippen LogP) is 3.42. The monoisotopic (exact) mass is 413 g/mol. The highest BCUT2D eigenvalue weighted by Crippen LogP contribution is 2.25. The number of nitrogens with one attached hydrogen (secondary N) is 1. The van der Waals surface area contributed by atoms with Gasteiger partial charge in [0.15, 0.2) is 0 Å². The van der Waals surface area contributed by atoms with E-state index in [4.69, 9.17) is 0 Å². The van der Waals surface area contributed by atoms with Gasteiger partial charge in [-0.15, -0.1) is 0 Å². The molecule has 2 amide bonds. The second-order valence-electron chi connectivity index (χ2n) is 8.09. The summed E-state index contributed by atoms with van der Waals surface area (Å²) in [6.45, 7) is 3.55. The van der Waals surface area contributed by atoms with Gasteiger partial charge in [0.05, 0.1) is 12.3 Å². The van der Waals surface area contributed by atoms with E-state index in [1.54, 1.807) is 17.3 Å². The van der Waals surface area contributed by atoms with Crippen LogP contribution in [0, 0.1) is 12.8 Å². The lowest BCUT2D eigenvalue weighted by Gasteiger charge is -2.23. The van der Waals surface area contributed by atoms with Crippen LogP contribution >= 0.6 is 0 Å². The Bertz CT molecular complexity index is 1070. The Labute approximate surface area is 183 Å². The van der Waals surface area contributed by atoms with E-state index in [9.17, 15) is 9.59 Å². The number of carbonyl (C=O) groups is 2. The molecule has 158 valence electrons. The van der Waals surface area contributed by atoms with Crippen molar-refractivity contribution in [2.24, 2.45) is 5.92 Å². The molecular weight excluding hydrogens is 386 g/mol. The van der Waals surface area contributed by atoms with E-state index in [-0.39, 0.29) is 17.7 Å². The Balaban J connectivity index is 1.49. The van der Waals surface area contributed by atoms with E-state index >= 15 is 0 Å². The lowest BCUT2D eigenvalue weighted by Crippen LogP contribution is -2.38. The Hall–Kier alpha value is -3.47. The standard InChI is InChI=1S/C26H27N3O2/c1-19-6-2-3-10-24(19)22-9-4-7-20(14-22)15-23-18-29(13-12-28-26(23)31)25(30)16-21-8-5-11-27-17-21/h2-11,14,17,23H,12-13,15-16,18H2,1H3,(H,28,31)/t23-/m1/s1. The third kappa shape index (κ3) is 5.18. The van der Waals surface area contributed by atoms with Crippen molar-refractivity contribution in [3.63, 3.8) is 0 Å². The number of benzene rings is 2. The minimum absolute atomic E-state index is 0.0120. The summed E-state index contributed by atoms with van der Waals surface area (Å²) in [4.78, 5) is 31.4. The SMILES string of the molecule is Cc1ccccc1-c1cccc(C[C@@H]2CN(C(=O)Cc3cccnc3)CCNC2=O)c1. The molecule has 31 heavy (non-hydrogen) atoms. The number of aryl methyl sites for hydroxylation is 1. The van der Waals surface area contributed by atoms with E-state index in [0.717, 1.165) is 16.7 Å². The highest BCUT2D eigenvalue weighted by Gasteiger charge is 2.27. The van der Waals surface area contributed by atoms with Crippen LogP contribution in [0.3, 0.4) is 0 Å². The summed E-state index contributed by atoms with van der Waals surface area (Å²) in [5.41, 5.74) is 5.55. The molecule has 5 nitrogen and oxygen atoms in total. The predicted molar refractivity (Wildman–Crippen MR) is 121 cm³/mol. The molecule has 3 aromatic rings. The van der Waals surface area contributed by atoms with Gasteiger partial charge in [0.1, 0.15) is 0 Å². The Morgan fingerprint density at radius 2 is 1.94 bits per heavy atom. The van der Waals surface area contributed by atoms with Gasteiger partial charge in [-0.3, -0.25) is 14.6 Å². The molecule has 0 radical (unpaired) electrons. The van der Waals surface area contributed by atoms with Crippen molar-refractivity contribution < 1.29 is 9.59 Å². The molecule has 0 bridgehead atoms. The molecule has 2 aromatic carbocycles. The van der Waals surface area contributed by atoms with E-state index in [2.05, 4.69) is 47.6 Å². The summed E-state index contributed by atoms with van der Waals surface area (Å²) in [6.07, 6.45) is 4.32. The Morgan fingerprint density at radius 1 is 1.10 bits per heavy atom. The molecule has 1 saturated heterocycles. The lowest BCUT2D eigenvalue weighted by atomic mass is 9.94. The molecule has 1 aromatic heterocycles. The lowest BCUT2D eigenvalue weighted by molar-refractivity contribution is -0.131. The van der Waals surface area contributed by atoms with Crippen molar-refractivity contribution in [2.45, 2.75) is 19.8 Å².